The van der Waals surface area contributed by atoms with E-state index in [4.69, 9.17) is 15.0 Å². The summed E-state index contributed by atoms with van der Waals surface area (Å²) in [5.74, 6) is 1.56. The number of rotatable bonds is 7. The molecule has 4 aromatic rings. The van der Waals surface area contributed by atoms with Crippen molar-refractivity contribution in [2.75, 3.05) is 11.9 Å². The summed E-state index contributed by atoms with van der Waals surface area (Å²) >= 11 is 0. The molecule has 0 bridgehead atoms. The van der Waals surface area contributed by atoms with Crippen molar-refractivity contribution in [3.8, 4) is 17.1 Å². The van der Waals surface area contributed by atoms with E-state index in [-0.39, 0.29) is 11.5 Å². The Kier molecular flexibility index (Phi) is 6.25. The number of benzene rings is 2. The molecular weight excluding hydrogens is 426 g/mol. The van der Waals surface area contributed by atoms with Crippen LogP contribution in [0.1, 0.15) is 61.0 Å². The third kappa shape index (κ3) is 4.64. The number of fused-ring (bicyclic) bond motifs is 1. The Morgan fingerprint density at radius 2 is 1.88 bits per heavy atom. The summed E-state index contributed by atoms with van der Waals surface area (Å²) in [5, 5.41) is 13.0. The van der Waals surface area contributed by atoms with Gasteiger partial charge in [0.25, 0.3) is 0 Å². The van der Waals surface area contributed by atoms with Crippen molar-refractivity contribution in [3.63, 3.8) is 0 Å². The van der Waals surface area contributed by atoms with Crippen LogP contribution in [-0.2, 0) is 6.42 Å². The summed E-state index contributed by atoms with van der Waals surface area (Å²) in [6.07, 6.45) is 8.68. The minimum absolute atomic E-state index is 0.0161. The van der Waals surface area contributed by atoms with Crippen molar-refractivity contribution in [2.45, 2.75) is 51.5 Å². The Morgan fingerprint density at radius 1 is 1.09 bits per heavy atom. The maximum absolute atomic E-state index is 11.9. The number of imidazole rings is 1. The van der Waals surface area contributed by atoms with Gasteiger partial charge < -0.3 is 15.0 Å². The molecule has 1 aliphatic rings. The van der Waals surface area contributed by atoms with E-state index in [1.54, 1.807) is 19.1 Å². The summed E-state index contributed by atoms with van der Waals surface area (Å²) in [7, 11) is 0. The summed E-state index contributed by atoms with van der Waals surface area (Å²) in [6, 6.07) is 15.1. The highest BCUT2D eigenvalue weighted by Crippen LogP contribution is 2.32. The SMILES string of the molecule is CC(=O)c1cccc(-c2nc(NCCc3ccc(O)cc3)c3ncn(C4CCCCC4)c3n2)c1. The van der Waals surface area contributed by atoms with Crippen molar-refractivity contribution in [3.05, 3.63) is 66.0 Å². The topological polar surface area (TPSA) is 92.9 Å². The van der Waals surface area contributed by atoms with Crippen LogP contribution < -0.4 is 5.32 Å². The number of nitrogens with one attached hydrogen (secondary N) is 1. The van der Waals surface area contributed by atoms with Crippen LogP contribution in [-0.4, -0.2) is 37.0 Å². The Morgan fingerprint density at radius 3 is 2.65 bits per heavy atom. The first-order valence-corrected chi connectivity index (χ1v) is 12.0. The fourth-order valence-corrected chi connectivity index (χ4v) is 4.66. The first-order valence-electron chi connectivity index (χ1n) is 12.0. The van der Waals surface area contributed by atoms with Crippen molar-refractivity contribution < 1.29 is 9.90 Å². The molecule has 0 atom stereocenters. The van der Waals surface area contributed by atoms with Gasteiger partial charge in [0.15, 0.2) is 23.1 Å². The smallest absolute Gasteiger partial charge is 0.166 e. The van der Waals surface area contributed by atoms with Gasteiger partial charge in [0.1, 0.15) is 11.3 Å². The lowest BCUT2D eigenvalue weighted by Gasteiger charge is -2.23. The molecule has 1 saturated carbocycles. The van der Waals surface area contributed by atoms with E-state index in [1.807, 2.05) is 42.7 Å². The largest absolute Gasteiger partial charge is 0.508 e. The molecule has 7 heteroatoms. The molecule has 0 aliphatic heterocycles. The third-order valence-electron chi connectivity index (χ3n) is 6.56. The van der Waals surface area contributed by atoms with Crippen molar-refractivity contribution in [1.82, 2.24) is 19.5 Å². The number of hydrogen-bond acceptors (Lipinski definition) is 6. The first kappa shape index (κ1) is 22.1. The normalized spacial score (nSPS) is 14.4. The Labute approximate surface area is 198 Å². The molecule has 0 radical (unpaired) electrons. The Balaban J connectivity index is 1.51. The Bertz CT molecular complexity index is 1310. The average Bonchev–Trinajstić information content (AvgIpc) is 3.30. The highest BCUT2D eigenvalue weighted by Gasteiger charge is 2.21. The number of aromatic nitrogens is 4. The van der Waals surface area contributed by atoms with Crippen LogP contribution in [0.25, 0.3) is 22.6 Å². The third-order valence-corrected chi connectivity index (χ3v) is 6.56. The van der Waals surface area contributed by atoms with Gasteiger partial charge in [-0.1, -0.05) is 49.6 Å². The molecule has 2 N–H and O–H groups in total. The number of phenols is 1. The maximum atomic E-state index is 11.9. The zero-order valence-corrected chi connectivity index (χ0v) is 19.4. The zero-order valence-electron chi connectivity index (χ0n) is 19.4. The van der Waals surface area contributed by atoms with Gasteiger partial charge in [-0.25, -0.2) is 15.0 Å². The van der Waals surface area contributed by atoms with Crippen LogP contribution in [0.3, 0.4) is 0 Å². The number of carbonyl (C=O) groups excluding carboxylic acids is 1. The minimum atomic E-state index is 0.0161. The molecule has 1 aliphatic carbocycles. The molecule has 0 unspecified atom stereocenters. The van der Waals surface area contributed by atoms with E-state index in [2.05, 4.69) is 9.88 Å². The summed E-state index contributed by atoms with van der Waals surface area (Å²) < 4.78 is 2.21. The van der Waals surface area contributed by atoms with Crippen molar-refractivity contribution >= 4 is 22.8 Å². The molecule has 34 heavy (non-hydrogen) atoms. The van der Waals surface area contributed by atoms with Crippen LogP contribution in [0.5, 0.6) is 5.75 Å². The fraction of sp³-hybridized carbons (Fsp3) is 0.333. The number of carbonyl (C=O) groups is 1. The van der Waals surface area contributed by atoms with Crippen LogP contribution in [0.15, 0.2) is 54.9 Å². The molecule has 2 aromatic carbocycles. The highest BCUT2D eigenvalue weighted by atomic mass is 16.3. The van der Waals surface area contributed by atoms with Gasteiger partial charge in [0.2, 0.25) is 0 Å². The van der Waals surface area contributed by atoms with Gasteiger partial charge in [-0.05, 0) is 49.9 Å². The van der Waals surface area contributed by atoms with Gasteiger partial charge in [0.05, 0.1) is 6.33 Å². The molecular formula is C27H29N5O2. The first-order chi connectivity index (χ1) is 16.6. The van der Waals surface area contributed by atoms with Crippen LogP contribution in [0.2, 0.25) is 0 Å². The number of anilines is 1. The minimum Gasteiger partial charge on any atom is -0.508 e. The molecule has 2 aromatic heterocycles. The highest BCUT2D eigenvalue weighted by molar-refractivity contribution is 5.95. The second-order valence-electron chi connectivity index (χ2n) is 8.99. The average molecular weight is 456 g/mol. The quantitative estimate of drug-likeness (QED) is 0.354. The van der Waals surface area contributed by atoms with E-state index in [1.165, 1.54) is 19.3 Å². The fourth-order valence-electron chi connectivity index (χ4n) is 4.66. The van der Waals surface area contributed by atoms with E-state index in [0.29, 0.717) is 29.8 Å². The predicted octanol–water partition coefficient (Wildman–Crippen LogP) is 5.56. The molecule has 174 valence electrons. The van der Waals surface area contributed by atoms with Crippen LogP contribution in [0.4, 0.5) is 5.82 Å². The van der Waals surface area contributed by atoms with E-state index in [9.17, 15) is 9.90 Å². The number of ketones is 1. The van der Waals surface area contributed by atoms with E-state index >= 15 is 0 Å². The number of aromatic hydroxyl groups is 1. The van der Waals surface area contributed by atoms with Gasteiger partial charge in [-0.2, -0.15) is 0 Å². The molecule has 7 nitrogen and oxygen atoms in total. The molecule has 0 amide bonds. The molecule has 0 spiro atoms. The molecule has 0 saturated heterocycles. The van der Waals surface area contributed by atoms with Gasteiger partial charge in [-0.15, -0.1) is 0 Å². The zero-order chi connectivity index (χ0) is 23.5. The van der Waals surface area contributed by atoms with Gasteiger partial charge in [-0.3, -0.25) is 4.79 Å². The summed E-state index contributed by atoms with van der Waals surface area (Å²) in [4.78, 5) is 26.4. The van der Waals surface area contributed by atoms with Crippen molar-refractivity contribution in [2.24, 2.45) is 0 Å². The predicted molar refractivity (Wildman–Crippen MR) is 133 cm³/mol. The lowest BCUT2D eigenvalue weighted by molar-refractivity contribution is 0.101. The summed E-state index contributed by atoms with van der Waals surface area (Å²) in [5.41, 5.74) is 4.18. The van der Waals surface area contributed by atoms with Crippen LogP contribution >= 0.6 is 0 Å². The van der Waals surface area contributed by atoms with E-state index in [0.717, 1.165) is 41.6 Å². The molecule has 1 fully saturated rings. The van der Waals surface area contributed by atoms with Gasteiger partial charge in [0, 0.05) is 23.7 Å². The number of nitrogens with zero attached hydrogens (tertiary/aromatic N) is 4. The number of Topliss-reactive ketones (excluding diaryl/α,β-unsaturated/α-hetero) is 1. The Hall–Kier alpha value is -3.74. The number of phenolic OH excluding ortho intramolecular Hbond substituents is 1. The summed E-state index contributed by atoms with van der Waals surface area (Å²) in [6.45, 7) is 2.23. The standard InChI is InChI=1S/C27H29N5O2/c1-18(33)20-6-5-7-21(16-20)25-30-26(28-15-14-19-10-12-23(34)13-11-19)24-27(31-25)32(17-29-24)22-8-3-2-4-9-22/h5-7,10-13,16-17,22,34H,2-4,8-9,14-15H2,1H3,(H,28,30,31). The lowest BCUT2D eigenvalue weighted by Crippen LogP contribution is -2.13. The van der Waals surface area contributed by atoms with Gasteiger partial charge >= 0.3 is 0 Å². The van der Waals surface area contributed by atoms with E-state index < -0.39 is 0 Å². The molecule has 5 rings (SSSR count). The number of hydrogen-bond donors (Lipinski definition) is 2. The molecule has 2 heterocycles. The second kappa shape index (κ2) is 9.63. The van der Waals surface area contributed by atoms with Crippen LogP contribution in [0, 0.1) is 0 Å². The second-order valence-corrected chi connectivity index (χ2v) is 8.99. The monoisotopic (exact) mass is 455 g/mol. The lowest BCUT2D eigenvalue weighted by atomic mass is 9.95. The van der Waals surface area contributed by atoms with Crippen molar-refractivity contribution in [1.29, 1.82) is 0 Å². The maximum Gasteiger partial charge on any atom is 0.166 e.